The van der Waals surface area contributed by atoms with Crippen LogP contribution in [0.5, 0.6) is 0 Å². The van der Waals surface area contributed by atoms with Gasteiger partial charge in [0.25, 0.3) is 0 Å². The van der Waals surface area contributed by atoms with E-state index in [1.54, 1.807) is 18.7 Å². The van der Waals surface area contributed by atoms with Gasteiger partial charge in [0.15, 0.2) is 0 Å². The molecule has 1 aliphatic rings. The third-order valence-electron chi connectivity index (χ3n) is 5.31. The Hall–Kier alpha value is -2.71. The number of ether oxygens (including phenoxy) is 1. The molecule has 3 rings (SSSR count). The van der Waals surface area contributed by atoms with Gasteiger partial charge in [0, 0.05) is 30.3 Å². The van der Waals surface area contributed by atoms with E-state index in [4.69, 9.17) is 9.72 Å². The summed E-state index contributed by atoms with van der Waals surface area (Å²) in [5.41, 5.74) is 2.62. The first-order chi connectivity index (χ1) is 15.3. The van der Waals surface area contributed by atoms with Gasteiger partial charge >= 0.3 is 6.09 Å². The topological polar surface area (TPSA) is 88.6 Å². The number of piperidine rings is 1. The molecule has 1 saturated heterocycles. The molecule has 0 aliphatic carbocycles. The van der Waals surface area contributed by atoms with Crippen LogP contribution in [0.4, 0.5) is 4.79 Å². The van der Waals surface area contributed by atoms with E-state index in [-0.39, 0.29) is 11.9 Å². The van der Waals surface area contributed by atoms with Crippen molar-refractivity contribution in [2.45, 2.75) is 51.3 Å². The maximum Gasteiger partial charge on any atom is 0.410 e. The average Bonchev–Trinajstić information content (AvgIpc) is 2.75. The highest BCUT2D eigenvalue weighted by Gasteiger charge is 2.37. The number of amides is 1. The summed E-state index contributed by atoms with van der Waals surface area (Å²) >= 11 is 0. The summed E-state index contributed by atoms with van der Waals surface area (Å²) < 4.78 is 33.1. The van der Waals surface area contributed by atoms with Crippen LogP contribution < -0.4 is 4.72 Å². The summed E-state index contributed by atoms with van der Waals surface area (Å²) in [7, 11) is -3.55. The molecule has 7 nitrogen and oxygen atoms in total. The van der Waals surface area contributed by atoms with E-state index in [0.29, 0.717) is 25.8 Å². The summed E-state index contributed by atoms with van der Waals surface area (Å²) in [4.78, 5) is 19.3. The number of aromatic nitrogens is 1. The fourth-order valence-corrected chi connectivity index (χ4v) is 5.10. The molecule has 0 spiro atoms. The monoisotopic (exact) mass is 457 g/mol. The molecule has 2 aromatic rings. The fourth-order valence-electron chi connectivity index (χ4n) is 3.95. The molecule has 1 N–H and O–H groups in total. The van der Waals surface area contributed by atoms with Gasteiger partial charge in [-0.15, -0.1) is 6.58 Å². The summed E-state index contributed by atoms with van der Waals surface area (Å²) in [6, 6.07) is 14.8. The number of pyridine rings is 1. The zero-order valence-corrected chi connectivity index (χ0v) is 19.4. The van der Waals surface area contributed by atoms with Gasteiger partial charge in [-0.1, -0.05) is 42.5 Å². The van der Waals surface area contributed by atoms with Crippen LogP contribution in [0.25, 0.3) is 11.3 Å². The van der Waals surface area contributed by atoms with Crippen LogP contribution in [-0.2, 0) is 21.2 Å². The molecule has 2 atom stereocenters. The minimum atomic E-state index is -3.55. The number of carbonyl (C=O) groups excluding carboxylic acids is 1. The average molecular weight is 458 g/mol. The van der Waals surface area contributed by atoms with Gasteiger partial charge < -0.3 is 9.64 Å². The molecule has 0 saturated carbocycles. The van der Waals surface area contributed by atoms with Crippen molar-refractivity contribution in [3.8, 4) is 11.3 Å². The molecule has 1 amide bonds. The highest BCUT2D eigenvalue weighted by atomic mass is 32.2. The molecule has 0 unspecified atom stereocenters. The lowest BCUT2D eigenvalue weighted by molar-refractivity contribution is 0.0459. The van der Waals surface area contributed by atoms with E-state index in [0.717, 1.165) is 17.0 Å². The highest BCUT2D eigenvalue weighted by molar-refractivity contribution is 7.89. The number of benzene rings is 1. The molecule has 8 heteroatoms. The zero-order chi connectivity index (χ0) is 23.1. The Bertz CT molecular complexity index is 1020. The number of hydrogen-bond donors (Lipinski definition) is 1. The zero-order valence-electron chi connectivity index (χ0n) is 18.6. The van der Waals surface area contributed by atoms with Gasteiger partial charge in [-0.3, -0.25) is 4.98 Å². The van der Waals surface area contributed by atoms with Crippen LogP contribution in [-0.4, -0.2) is 54.9 Å². The Labute approximate surface area is 190 Å². The number of sulfonamides is 1. The second-order valence-electron chi connectivity index (χ2n) is 8.21. The van der Waals surface area contributed by atoms with Gasteiger partial charge in [0.2, 0.25) is 10.0 Å². The number of rotatable bonds is 8. The molecule has 1 fully saturated rings. The Morgan fingerprint density at radius 1 is 1.25 bits per heavy atom. The van der Waals surface area contributed by atoms with Crippen molar-refractivity contribution in [1.82, 2.24) is 14.6 Å². The van der Waals surface area contributed by atoms with Crippen LogP contribution in [0.2, 0.25) is 0 Å². The van der Waals surface area contributed by atoms with Crippen molar-refractivity contribution in [2.75, 3.05) is 12.3 Å². The Kier molecular flexibility index (Phi) is 8.04. The van der Waals surface area contributed by atoms with Gasteiger partial charge in [-0.25, -0.2) is 17.9 Å². The SMILES string of the molecule is C=CCS(=O)(=O)N[C@@H]1CCCN(C(=O)OC(C)C)[C@@H]1Cc1cccc(-c2ccccc2)n1. The fraction of sp³-hybridized carbons (Fsp3) is 0.417. The second-order valence-corrected chi connectivity index (χ2v) is 10.0. The first-order valence-electron chi connectivity index (χ1n) is 10.9. The first-order valence-corrected chi connectivity index (χ1v) is 12.5. The largest absolute Gasteiger partial charge is 0.447 e. The number of carbonyl (C=O) groups is 1. The lowest BCUT2D eigenvalue weighted by Gasteiger charge is -2.41. The first kappa shape index (κ1) is 23.9. The third-order valence-corrected chi connectivity index (χ3v) is 6.65. The predicted octanol–water partition coefficient (Wildman–Crippen LogP) is 3.77. The quantitative estimate of drug-likeness (QED) is 0.610. The van der Waals surface area contributed by atoms with Crippen LogP contribution in [0.3, 0.4) is 0 Å². The number of likely N-dealkylation sites (tertiary alicyclic amines) is 1. The molecule has 32 heavy (non-hydrogen) atoms. The Morgan fingerprint density at radius 2 is 2.00 bits per heavy atom. The van der Waals surface area contributed by atoms with Gasteiger partial charge in [0.1, 0.15) is 0 Å². The predicted molar refractivity (Wildman–Crippen MR) is 126 cm³/mol. The maximum atomic E-state index is 12.8. The van der Waals surface area contributed by atoms with Crippen molar-refractivity contribution >= 4 is 16.1 Å². The second kappa shape index (κ2) is 10.7. The summed E-state index contributed by atoms with van der Waals surface area (Å²) in [6.07, 6.45) is 2.38. The molecular formula is C24H31N3O4S. The van der Waals surface area contributed by atoms with E-state index < -0.39 is 28.2 Å². The van der Waals surface area contributed by atoms with E-state index in [9.17, 15) is 13.2 Å². The summed E-state index contributed by atoms with van der Waals surface area (Å²) in [6.45, 7) is 7.63. The maximum absolute atomic E-state index is 12.8. The normalized spacial score (nSPS) is 19.0. The van der Waals surface area contributed by atoms with Gasteiger partial charge in [0.05, 0.1) is 23.6 Å². The van der Waals surface area contributed by atoms with Crippen molar-refractivity contribution < 1.29 is 17.9 Å². The standard InChI is InChI=1S/C24H31N3O4S/c1-4-16-32(29,30)26-22-14-9-15-27(24(28)31-18(2)3)23(22)17-20-12-8-13-21(25-20)19-10-6-5-7-11-19/h4-8,10-13,18,22-23,26H,1,9,14-17H2,2-3H3/t22-,23-/m1/s1. The van der Waals surface area contributed by atoms with Crippen LogP contribution in [0, 0.1) is 0 Å². The number of nitrogens with zero attached hydrogens (tertiary/aromatic N) is 2. The molecule has 1 aromatic carbocycles. The molecule has 172 valence electrons. The summed E-state index contributed by atoms with van der Waals surface area (Å²) in [5, 5.41) is 0. The minimum absolute atomic E-state index is 0.172. The van der Waals surface area contributed by atoms with Gasteiger partial charge in [-0.2, -0.15) is 0 Å². The van der Waals surface area contributed by atoms with Crippen molar-refractivity contribution in [3.63, 3.8) is 0 Å². The molecule has 0 bridgehead atoms. The lowest BCUT2D eigenvalue weighted by atomic mass is 9.93. The molecule has 1 aromatic heterocycles. The Morgan fingerprint density at radius 3 is 2.69 bits per heavy atom. The van der Waals surface area contributed by atoms with Crippen LogP contribution in [0.15, 0.2) is 61.2 Å². The molecule has 0 radical (unpaired) electrons. The lowest BCUT2D eigenvalue weighted by Crippen LogP contribution is -2.58. The molecule has 1 aliphatic heterocycles. The highest BCUT2D eigenvalue weighted by Crippen LogP contribution is 2.24. The van der Waals surface area contributed by atoms with E-state index in [2.05, 4.69) is 11.3 Å². The van der Waals surface area contributed by atoms with E-state index in [1.807, 2.05) is 48.5 Å². The molecule has 2 heterocycles. The van der Waals surface area contributed by atoms with Crippen molar-refractivity contribution in [1.29, 1.82) is 0 Å². The minimum Gasteiger partial charge on any atom is -0.447 e. The van der Waals surface area contributed by atoms with Crippen molar-refractivity contribution in [2.24, 2.45) is 0 Å². The Balaban J connectivity index is 1.90. The third kappa shape index (κ3) is 6.40. The van der Waals surface area contributed by atoms with Crippen LogP contribution >= 0.6 is 0 Å². The van der Waals surface area contributed by atoms with E-state index >= 15 is 0 Å². The van der Waals surface area contributed by atoms with Crippen LogP contribution in [0.1, 0.15) is 32.4 Å². The smallest absolute Gasteiger partial charge is 0.410 e. The van der Waals surface area contributed by atoms with Crippen molar-refractivity contribution in [3.05, 3.63) is 66.9 Å². The van der Waals surface area contributed by atoms with E-state index in [1.165, 1.54) is 6.08 Å². The number of hydrogen-bond acceptors (Lipinski definition) is 5. The summed E-state index contributed by atoms with van der Waals surface area (Å²) in [5.74, 6) is -0.172. The van der Waals surface area contributed by atoms with Gasteiger partial charge in [-0.05, 0) is 38.8 Å². The molecular weight excluding hydrogens is 426 g/mol. The number of nitrogens with one attached hydrogen (secondary N) is 1.